The Balaban J connectivity index is -0.0000000150. The first-order valence-corrected chi connectivity index (χ1v) is 0.567. The standard InChI is InChI=1S/CF3.BrH.Cu.K/c2-1(3)4;;;/h;1H;;/q-1;;2*+1/p-1. The molecule has 0 saturated carbocycles. The van der Waals surface area contributed by atoms with Crippen LogP contribution in [0.25, 0.3) is 0 Å². The summed E-state index contributed by atoms with van der Waals surface area (Å²) in [4.78, 5) is 0. The van der Waals surface area contributed by atoms with Crippen LogP contribution in [0.3, 0.4) is 0 Å². The Hall–Kier alpha value is 2.43. The Morgan fingerprint density at radius 2 is 1.00 bits per heavy atom. The maximum absolute atomic E-state index is 9.58. The number of hydrogen-bond donors (Lipinski definition) is 0. The molecule has 0 amide bonds. The van der Waals surface area contributed by atoms with Gasteiger partial charge in [-0.1, -0.05) is 0 Å². The first kappa shape index (κ1) is 22.7. The van der Waals surface area contributed by atoms with Crippen molar-refractivity contribution in [2.24, 2.45) is 0 Å². The average Bonchev–Trinajstić information content (AvgIpc) is 0.811. The zero-order valence-electron chi connectivity index (χ0n) is 3.31. The second-order valence-corrected chi connectivity index (χ2v) is 0.214. The van der Waals surface area contributed by atoms with E-state index < -0.39 is 6.68 Å². The van der Waals surface area contributed by atoms with Crippen molar-refractivity contribution in [1.29, 1.82) is 0 Å². The molecule has 0 bridgehead atoms. The summed E-state index contributed by atoms with van der Waals surface area (Å²) in [5.74, 6) is 0. The van der Waals surface area contributed by atoms with E-state index in [0.717, 1.165) is 0 Å². The number of hydrogen-bond acceptors (Lipinski definition) is 0. The Morgan fingerprint density at radius 1 is 1.00 bits per heavy atom. The van der Waals surface area contributed by atoms with Crippen LogP contribution >= 0.6 is 0 Å². The molecule has 0 aliphatic heterocycles. The molecule has 44 valence electrons. The Labute approximate surface area is 103 Å². The van der Waals surface area contributed by atoms with Crippen LogP contribution in [-0.2, 0) is 17.1 Å². The van der Waals surface area contributed by atoms with Crippen LogP contribution in [0.5, 0.6) is 0 Å². The van der Waals surface area contributed by atoms with E-state index in [0.29, 0.717) is 0 Å². The van der Waals surface area contributed by atoms with E-state index in [2.05, 4.69) is 0 Å². The minimum Gasteiger partial charge on any atom is -1.00 e. The van der Waals surface area contributed by atoms with Crippen molar-refractivity contribution < 1.29 is 98.6 Å². The molecule has 0 rings (SSSR count). The molecule has 0 spiro atoms. The minimum atomic E-state index is -3.08. The van der Waals surface area contributed by atoms with Gasteiger partial charge in [-0.2, -0.15) is 0 Å². The fourth-order valence-corrected chi connectivity index (χ4v) is 0. The first-order chi connectivity index (χ1) is 1.73. The smallest absolute Gasteiger partial charge is 1.00 e. The van der Waals surface area contributed by atoms with Gasteiger partial charge >= 0.3 is 68.5 Å². The molecule has 0 aliphatic carbocycles. The van der Waals surface area contributed by atoms with Gasteiger partial charge < -0.3 is 30.2 Å². The fraction of sp³-hybridized carbons (Fsp3) is 0. The topological polar surface area (TPSA) is 0 Å². The van der Waals surface area contributed by atoms with Crippen LogP contribution in [0.2, 0.25) is 0 Å². The third kappa shape index (κ3) is 59.1. The summed E-state index contributed by atoms with van der Waals surface area (Å²) >= 11 is 0. The normalized spacial score (nSPS) is 5.14. The van der Waals surface area contributed by atoms with E-state index in [4.69, 9.17) is 0 Å². The van der Waals surface area contributed by atoms with Crippen molar-refractivity contribution in [3.63, 3.8) is 0 Å². The van der Waals surface area contributed by atoms with E-state index in [1.165, 1.54) is 0 Å². The van der Waals surface area contributed by atoms with E-state index in [9.17, 15) is 13.2 Å². The maximum atomic E-state index is 9.58. The van der Waals surface area contributed by atoms with E-state index in [-0.39, 0.29) is 85.4 Å². The van der Waals surface area contributed by atoms with Gasteiger partial charge in [-0.3, -0.25) is 0 Å². The summed E-state index contributed by atoms with van der Waals surface area (Å²) in [7, 11) is 0. The largest absolute Gasteiger partial charge is 1.00 e. The molecule has 0 aromatic rings. The van der Waals surface area contributed by atoms with E-state index in [1.54, 1.807) is 0 Å². The molecule has 0 aromatic carbocycles. The van der Waals surface area contributed by atoms with Gasteiger partial charge in [0.05, 0.1) is 0 Å². The molecule has 0 atom stereocenters. The van der Waals surface area contributed by atoms with E-state index in [1.807, 2.05) is 0 Å². The second-order valence-electron chi connectivity index (χ2n) is 0.214. The van der Waals surface area contributed by atoms with Crippen molar-refractivity contribution in [1.82, 2.24) is 0 Å². The van der Waals surface area contributed by atoms with Crippen LogP contribution in [0.15, 0.2) is 0 Å². The Bertz CT molecular complexity index is 19.7. The SMILES string of the molecule is F[C-](F)F.[Br-].[Cu+].[K+]. The molecule has 0 radical (unpaired) electrons. The zero-order valence-corrected chi connectivity index (χ0v) is 8.96. The van der Waals surface area contributed by atoms with Gasteiger partial charge in [0.25, 0.3) is 0 Å². The molecule has 0 fully saturated rings. The van der Waals surface area contributed by atoms with Crippen molar-refractivity contribution >= 4 is 0 Å². The quantitative estimate of drug-likeness (QED) is 0.300. The van der Waals surface area contributed by atoms with Gasteiger partial charge in [0.1, 0.15) is 0 Å². The fourth-order valence-electron chi connectivity index (χ4n) is 0. The third-order valence-corrected chi connectivity index (χ3v) is 0. The van der Waals surface area contributed by atoms with E-state index >= 15 is 0 Å². The Morgan fingerprint density at radius 3 is 1.00 bits per heavy atom. The molecule has 0 unspecified atom stereocenters. The molecule has 0 aromatic heterocycles. The minimum absolute atomic E-state index is 0. The maximum Gasteiger partial charge on any atom is 1.00 e. The molecule has 0 aliphatic rings. The van der Waals surface area contributed by atoms with Crippen LogP contribution in [0.1, 0.15) is 0 Å². The number of halogens is 4. The van der Waals surface area contributed by atoms with Crippen LogP contribution in [0.4, 0.5) is 13.2 Å². The van der Waals surface area contributed by atoms with Gasteiger partial charge in [0.2, 0.25) is 0 Å². The summed E-state index contributed by atoms with van der Waals surface area (Å²) in [5.41, 5.74) is 0. The van der Waals surface area contributed by atoms with Gasteiger partial charge in [-0.25, -0.2) is 0 Å². The number of rotatable bonds is 0. The second kappa shape index (κ2) is 15.8. The Kier molecular flexibility index (Phi) is 51.2. The van der Waals surface area contributed by atoms with Crippen molar-refractivity contribution in [2.75, 3.05) is 0 Å². The summed E-state index contributed by atoms with van der Waals surface area (Å²) < 4.78 is 28.8. The zero-order chi connectivity index (χ0) is 3.58. The molecule has 0 N–H and O–H groups in total. The average molecular weight is 252 g/mol. The van der Waals surface area contributed by atoms with Gasteiger partial charge in [-0.05, 0) is 0 Å². The molecule has 0 saturated heterocycles. The van der Waals surface area contributed by atoms with Gasteiger partial charge in [-0.15, -0.1) is 0 Å². The van der Waals surface area contributed by atoms with Gasteiger partial charge in [0.15, 0.2) is 6.68 Å². The van der Waals surface area contributed by atoms with Crippen LogP contribution in [0, 0.1) is 6.68 Å². The van der Waals surface area contributed by atoms with Crippen LogP contribution in [-0.4, -0.2) is 0 Å². The molecule has 0 heterocycles. The summed E-state index contributed by atoms with van der Waals surface area (Å²) in [6.45, 7) is -3.08. The van der Waals surface area contributed by atoms with Crippen molar-refractivity contribution in [3.05, 3.63) is 6.68 Å². The molecular weight excluding hydrogens is 252 g/mol. The van der Waals surface area contributed by atoms with Crippen molar-refractivity contribution in [3.8, 4) is 0 Å². The molecule has 0 nitrogen and oxygen atoms in total. The monoisotopic (exact) mass is 250 g/mol. The molecule has 7 heavy (non-hydrogen) atoms. The van der Waals surface area contributed by atoms with Crippen LogP contribution < -0.4 is 68.4 Å². The summed E-state index contributed by atoms with van der Waals surface area (Å²) in [6.07, 6.45) is 0. The predicted molar refractivity (Wildman–Crippen MR) is 6.57 cm³/mol. The third-order valence-electron chi connectivity index (χ3n) is 0. The molecular formula is CBrCuF3K. The summed E-state index contributed by atoms with van der Waals surface area (Å²) in [6, 6.07) is 0. The first-order valence-electron chi connectivity index (χ1n) is 0.567. The summed E-state index contributed by atoms with van der Waals surface area (Å²) in [5, 5.41) is 0. The molecule has 6 heteroatoms. The van der Waals surface area contributed by atoms with Crippen molar-refractivity contribution in [2.45, 2.75) is 0 Å². The predicted octanol–water partition coefficient (Wildman–Crippen LogP) is -4.65. The van der Waals surface area contributed by atoms with Gasteiger partial charge in [0, 0.05) is 0 Å².